The highest BCUT2D eigenvalue weighted by atomic mass is 16.6. The van der Waals surface area contributed by atoms with Crippen molar-refractivity contribution in [2.24, 2.45) is 0 Å². The Bertz CT molecular complexity index is 1380. The molecule has 0 radical (unpaired) electrons. The van der Waals surface area contributed by atoms with Gasteiger partial charge in [-0.15, -0.1) is 0 Å². The van der Waals surface area contributed by atoms with Gasteiger partial charge in [0.2, 0.25) is 5.78 Å². The van der Waals surface area contributed by atoms with Crippen LogP contribution in [0, 0.1) is 6.92 Å². The summed E-state index contributed by atoms with van der Waals surface area (Å²) in [5.74, 6) is -0.0475. The molecule has 3 heterocycles. The number of aryl methyl sites for hydroxylation is 1. The van der Waals surface area contributed by atoms with Crippen LogP contribution in [-0.2, 0) is 11.3 Å². The van der Waals surface area contributed by atoms with E-state index >= 15 is 0 Å². The van der Waals surface area contributed by atoms with Gasteiger partial charge in [-0.25, -0.2) is 9.78 Å². The fourth-order valence-corrected chi connectivity index (χ4v) is 4.53. The van der Waals surface area contributed by atoms with E-state index in [0.717, 1.165) is 24.2 Å². The number of hydrogen-bond donors (Lipinski definition) is 0. The van der Waals surface area contributed by atoms with Crippen LogP contribution in [0.3, 0.4) is 0 Å². The van der Waals surface area contributed by atoms with Gasteiger partial charge in [0.1, 0.15) is 5.60 Å². The van der Waals surface area contributed by atoms with Crippen LogP contribution in [0.2, 0.25) is 0 Å². The van der Waals surface area contributed by atoms with Crippen LogP contribution in [-0.4, -0.2) is 63.0 Å². The molecule has 8 heteroatoms. The molecule has 176 valence electrons. The molecule has 0 N–H and O–H groups in total. The molecule has 3 aromatic rings. The number of ether oxygens (including phenoxy) is 1. The normalized spacial score (nSPS) is 16.0. The largest absolute Gasteiger partial charge is 0.444 e. The number of fused-ring (bicyclic) bond motifs is 4. The number of piperazine rings is 1. The van der Waals surface area contributed by atoms with Crippen LogP contribution < -0.4 is 5.56 Å². The lowest BCUT2D eigenvalue weighted by atomic mass is 10.1. The summed E-state index contributed by atoms with van der Waals surface area (Å²) in [4.78, 5) is 47.1. The summed E-state index contributed by atoms with van der Waals surface area (Å²) in [6.07, 6.45) is -0.282. The molecular formula is C26H28N4O4. The van der Waals surface area contributed by atoms with Gasteiger partial charge in [-0.05, 0) is 57.5 Å². The number of carbonyl (C=O) groups excluding carboxylic acids is 2. The van der Waals surface area contributed by atoms with E-state index in [1.807, 2.05) is 58.0 Å². The summed E-state index contributed by atoms with van der Waals surface area (Å²) in [6, 6.07) is 11.1. The maximum Gasteiger partial charge on any atom is 0.410 e. The first-order valence-corrected chi connectivity index (χ1v) is 11.5. The Morgan fingerprint density at radius 3 is 2.47 bits per heavy atom. The van der Waals surface area contributed by atoms with Crippen molar-refractivity contribution >= 4 is 22.8 Å². The van der Waals surface area contributed by atoms with Crippen LogP contribution in [0.1, 0.15) is 48.1 Å². The average molecular weight is 461 g/mol. The van der Waals surface area contributed by atoms with Crippen LogP contribution >= 0.6 is 0 Å². The van der Waals surface area contributed by atoms with E-state index in [9.17, 15) is 14.4 Å². The molecule has 2 aromatic carbocycles. The number of carbonyl (C=O) groups is 2. The number of hydrogen-bond acceptors (Lipinski definition) is 6. The Labute approximate surface area is 197 Å². The van der Waals surface area contributed by atoms with Crippen LogP contribution in [0.4, 0.5) is 4.79 Å². The zero-order chi connectivity index (χ0) is 24.2. The molecule has 0 unspecified atom stereocenters. The van der Waals surface area contributed by atoms with Gasteiger partial charge in [0, 0.05) is 32.7 Å². The standard InChI is InChI=1S/C26H28N4O4/c1-16-5-8-21-19(13-16)22(31)23-27-20-7-6-17(14-18(20)24(32)30(21)23)15-28-9-11-29(12-10-28)25(33)34-26(2,3)4/h5-8,13-14H,9-12,15H2,1-4H3. The zero-order valence-electron chi connectivity index (χ0n) is 19.9. The monoisotopic (exact) mass is 460 g/mol. The molecule has 0 saturated carbocycles. The molecule has 1 fully saturated rings. The number of aromatic nitrogens is 2. The Morgan fingerprint density at radius 1 is 1.03 bits per heavy atom. The van der Waals surface area contributed by atoms with Gasteiger partial charge in [-0.2, -0.15) is 0 Å². The highest BCUT2D eigenvalue weighted by Crippen LogP contribution is 2.27. The van der Waals surface area contributed by atoms with E-state index in [1.54, 1.807) is 11.0 Å². The summed E-state index contributed by atoms with van der Waals surface area (Å²) < 4.78 is 6.90. The summed E-state index contributed by atoms with van der Waals surface area (Å²) in [6.45, 7) is 10.8. The van der Waals surface area contributed by atoms with Crippen molar-refractivity contribution in [3.8, 4) is 5.69 Å². The molecule has 2 aliphatic heterocycles. The summed E-state index contributed by atoms with van der Waals surface area (Å²) >= 11 is 0. The minimum atomic E-state index is -0.508. The molecule has 0 spiro atoms. The van der Waals surface area contributed by atoms with Crippen molar-refractivity contribution in [2.75, 3.05) is 26.2 Å². The third-order valence-corrected chi connectivity index (χ3v) is 6.20. The minimum Gasteiger partial charge on any atom is -0.444 e. The van der Waals surface area contributed by atoms with E-state index in [1.165, 1.54) is 4.57 Å². The first kappa shape index (κ1) is 22.3. The fourth-order valence-electron chi connectivity index (χ4n) is 4.53. The molecule has 0 aliphatic carbocycles. The van der Waals surface area contributed by atoms with Gasteiger partial charge in [0.25, 0.3) is 5.56 Å². The maximum atomic E-state index is 13.4. The molecular weight excluding hydrogens is 432 g/mol. The number of amides is 1. The zero-order valence-corrected chi connectivity index (χ0v) is 19.9. The van der Waals surface area contributed by atoms with Crippen molar-refractivity contribution in [3.63, 3.8) is 0 Å². The second-order valence-electron chi connectivity index (χ2n) is 10.0. The SMILES string of the molecule is Cc1ccc2c(c1)C(=O)c1nc3ccc(CN4CCN(C(=O)OC(C)(C)C)CC4)cc3c(=O)n1-2. The number of ketones is 1. The topological polar surface area (TPSA) is 84.7 Å². The Morgan fingerprint density at radius 2 is 1.76 bits per heavy atom. The van der Waals surface area contributed by atoms with Crippen LogP contribution in [0.5, 0.6) is 0 Å². The first-order valence-electron chi connectivity index (χ1n) is 11.5. The van der Waals surface area contributed by atoms with Gasteiger partial charge < -0.3 is 9.64 Å². The van der Waals surface area contributed by atoms with Crippen LogP contribution in [0.15, 0.2) is 41.2 Å². The van der Waals surface area contributed by atoms with E-state index in [0.29, 0.717) is 41.8 Å². The highest BCUT2D eigenvalue weighted by Gasteiger charge is 2.30. The van der Waals surface area contributed by atoms with Gasteiger partial charge in [-0.3, -0.25) is 19.1 Å². The first-order chi connectivity index (χ1) is 16.1. The Balaban J connectivity index is 1.37. The molecule has 8 nitrogen and oxygen atoms in total. The third kappa shape index (κ3) is 3.98. The molecule has 5 rings (SSSR count). The minimum absolute atomic E-state index is 0.170. The second-order valence-corrected chi connectivity index (χ2v) is 10.0. The average Bonchev–Trinajstić information content (AvgIpc) is 3.05. The lowest BCUT2D eigenvalue weighted by Gasteiger charge is -2.35. The van der Waals surface area contributed by atoms with E-state index in [4.69, 9.17) is 4.74 Å². The molecule has 1 saturated heterocycles. The Kier molecular flexibility index (Phi) is 5.28. The van der Waals surface area contributed by atoms with Gasteiger partial charge in [0.15, 0.2) is 5.82 Å². The van der Waals surface area contributed by atoms with Gasteiger partial charge in [0.05, 0.1) is 22.2 Å². The molecule has 34 heavy (non-hydrogen) atoms. The maximum absolute atomic E-state index is 13.4. The lowest BCUT2D eigenvalue weighted by molar-refractivity contribution is 0.0139. The fraction of sp³-hybridized carbons (Fsp3) is 0.385. The number of rotatable bonds is 2. The van der Waals surface area contributed by atoms with Gasteiger partial charge in [-0.1, -0.05) is 17.7 Å². The smallest absolute Gasteiger partial charge is 0.410 e. The van der Waals surface area contributed by atoms with Gasteiger partial charge >= 0.3 is 6.09 Å². The van der Waals surface area contributed by atoms with Crippen molar-refractivity contribution < 1.29 is 14.3 Å². The van der Waals surface area contributed by atoms with E-state index < -0.39 is 5.60 Å². The van der Waals surface area contributed by atoms with E-state index in [2.05, 4.69) is 9.88 Å². The highest BCUT2D eigenvalue weighted by molar-refractivity contribution is 6.13. The predicted molar refractivity (Wildman–Crippen MR) is 129 cm³/mol. The Hall–Kier alpha value is -3.52. The number of nitrogens with zero attached hydrogens (tertiary/aromatic N) is 4. The van der Waals surface area contributed by atoms with Crippen LogP contribution in [0.25, 0.3) is 16.6 Å². The van der Waals surface area contributed by atoms with Crippen molar-refractivity contribution in [2.45, 2.75) is 39.8 Å². The predicted octanol–water partition coefficient (Wildman–Crippen LogP) is 3.29. The lowest BCUT2D eigenvalue weighted by Crippen LogP contribution is -2.49. The molecule has 0 bridgehead atoms. The van der Waals surface area contributed by atoms with Crippen molar-refractivity contribution in [3.05, 3.63) is 69.3 Å². The summed E-state index contributed by atoms with van der Waals surface area (Å²) in [7, 11) is 0. The molecule has 1 amide bonds. The summed E-state index contributed by atoms with van der Waals surface area (Å²) in [5, 5.41) is 0.495. The third-order valence-electron chi connectivity index (χ3n) is 6.20. The molecule has 2 aliphatic rings. The quantitative estimate of drug-likeness (QED) is 0.456. The molecule has 0 atom stereocenters. The van der Waals surface area contributed by atoms with Crippen molar-refractivity contribution in [1.82, 2.24) is 19.4 Å². The van der Waals surface area contributed by atoms with E-state index in [-0.39, 0.29) is 23.3 Å². The van der Waals surface area contributed by atoms with Crippen molar-refractivity contribution in [1.29, 1.82) is 0 Å². The summed E-state index contributed by atoms with van der Waals surface area (Å²) in [5.41, 5.74) is 2.85. The second kappa shape index (κ2) is 8.06. The molecule has 1 aromatic heterocycles. The number of benzene rings is 2.